The van der Waals surface area contributed by atoms with E-state index in [4.69, 9.17) is 18.9 Å². The molecule has 0 aromatic rings. The third-order valence-electron chi connectivity index (χ3n) is 16.5. The number of aliphatic hydroxyl groups excluding tert-OH is 8. The van der Waals surface area contributed by atoms with Crippen molar-refractivity contribution in [1.82, 2.24) is 5.32 Å². The highest BCUT2D eigenvalue weighted by molar-refractivity contribution is 5.76. The molecule has 2 aliphatic rings. The number of hydrogen-bond acceptors (Lipinski definition) is 13. The third-order valence-corrected chi connectivity index (χ3v) is 16.5. The van der Waals surface area contributed by atoms with Crippen molar-refractivity contribution < 1.29 is 64.6 Å². The van der Waals surface area contributed by atoms with Gasteiger partial charge in [-0.1, -0.05) is 274 Å². The molecule has 83 heavy (non-hydrogen) atoms. The number of ether oxygens (including phenoxy) is 4. The molecule has 1 amide bonds. The lowest BCUT2D eigenvalue weighted by Crippen LogP contribution is -2.65. The number of hydrogen-bond donors (Lipinski definition) is 9. The highest BCUT2D eigenvalue weighted by Crippen LogP contribution is 2.30. The average molecular weight is 1180 g/mol. The summed E-state index contributed by atoms with van der Waals surface area (Å²) in [5, 5.41) is 87.2. The van der Waals surface area contributed by atoms with Gasteiger partial charge in [-0.05, 0) is 57.8 Å². The second-order valence-electron chi connectivity index (χ2n) is 23.9. The molecule has 14 nitrogen and oxygen atoms in total. The number of rotatable bonds is 55. The van der Waals surface area contributed by atoms with Crippen LogP contribution in [-0.2, 0) is 23.7 Å². The van der Waals surface area contributed by atoms with E-state index in [0.29, 0.717) is 6.42 Å². The Bertz CT molecular complexity index is 1620. The fourth-order valence-corrected chi connectivity index (χ4v) is 11.0. The predicted octanol–water partition coefficient (Wildman–Crippen LogP) is 13.3. The summed E-state index contributed by atoms with van der Waals surface area (Å²) in [4.78, 5) is 13.3. The van der Waals surface area contributed by atoms with Gasteiger partial charge in [-0.25, -0.2) is 0 Å². The summed E-state index contributed by atoms with van der Waals surface area (Å²) in [5.41, 5.74) is 0. The zero-order valence-corrected chi connectivity index (χ0v) is 52.4. The first kappa shape index (κ1) is 76.8. The first-order valence-corrected chi connectivity index (χ1v) is 34.0. The molecule has 484 valence electrons. The van der Waals surface area contributed by atoms with Crippen LogP contribution in [0.1, 0.15) is 277 Å². The van der Waals surface area contributed by atoms with Gasteiger partial charge in [0.15, 0.2) is 12.6 Å². The lowest BCUT2D eigenvalue weighted by molar-refractivity contribution is -0.359. The second-order valence-corrected chi connectivity index (χ2v) is 23.9. The van der Waals surface area contributed by atoms with Crippen molar-refractivity contribution in [1.29, 1.82) is 0 Å². The van der Waals surface area contributed by atoms with E-state index in [-0.39, 0.29) is 18.9 Å². The molecule has 2 saturated heterocycles. The van der Waals surface area contributed by atoms with Crippen LogP contribution in [0.25, 0.3) is 0 Å². The highest BCUT2D eigenvalue weighted by atomic mass is 16.7. The number of carbonyl (C=O) groups excluding carboxylic acids is 1. The zero-order chi connectivity index (χ0) is 60.2. The van der Waals surface area contributed by atoms with Gasteiger partial charge in [0.1, 0.15) is 48.8 Å². The van der Waals surface area contributed by atoms with Crippen molar-refractivity contribution in [2.45, 2.75) is 351 Å². The Balaban J connectivity index is 1.60. The van der Waals surface area contributed by atoms with Crippen LogP contribution in [0, 0.1) is 0 Å². The van der Waals surface area contributed by atoms with Gasteiger partial charge in [0.25, 0.3) is 0 Å². The number of carbonyl (C=O) groups is 1. The molecule has 9 N–H and O–H groups in total. The Kier molecular flexibility index (Phi) is 49.9. The molecule has 2 fully saturated rings. The molecule has 0 aliphatic carbocycles. The van der Waals surface area contributed by atoms with Crippen molar-refractivity contribution in [3.63, 3.8) is 0 Å². The number of amides is 1. The van der Waals surface area contributed by atoms with E-state index in [1.807, 2.05) is 6.08 Å². The Morgan fingerprint density at radius 1 is 0.446 bits per heavy atom. The summed E-state index contributed by atoms with van der Waals surface area (Å²) in [6.45, 7) is 2.70. The van der Waals surface area contributed by atoms with Gasteiger partial charge in [0, 0.05) is 6.42 Å². The lowest BCUT2D eigenvalue weighted by atomic mass is 9.97. The molecule has 0 bridgehead atoms. The molecule has 12 unspecified atom stereocenters. The molecule has 14 heteroatoms. The van der Waals surface area contributed by atoms with Gasteiger partial charge in [-0.15, -0.1) is 0 Å². The minimum Gasteiger partial charge on any atom is -0.394 e. The van der Waals surface area contributed by atoms with Crippen LogP contribution in [0.4, 0.5) is 0 Å². The Morgan fingerprint density at radius 3 is 1.28 bits per heavy atom. The van der Waals surface area contributed by atoms with Crippen LogP contribution < -0.4 is 5.32 Å². The lowest BCUT2D eigenvalue weighted by Gasteiger charge is -2.46. The smallest absolute Gasteiger partial charge is 0.220 e. The summed E-state index contributed by atoms with van der Waals surface area (Å²) < 4.78 is 22.8. The average Bonchev–Trinajstić information content (AvgIpc) is 3.64. The van der Waals surface area contributed by atoms with Crippen LogP contribution in [-0.4, -0.2) is 140 Å². The summed E-state index contributed by atoms with van der Waals surface area (Å²) >= 11 is 0. The fraction of sp³-hybridized carbons (Fsp3) is 0.841. The summed E-state index contributed by atoms with van der Waals surface area (Å²) in [6, 6.07) is -0.914. The highest BCUT2D eigenvalue weighted by Gasteiger charge is 2.51. The summed E-state index contributed by atoms with van der Waals surface area (Å²) in [6.07, 6.45) is 54.3. The van der Waals surface area contributed by atoms with Crippen LogP contribution in [0.5, 0.6) is 0 Å². The van der Waals surface area contributed by atoms with Gasteiger partial charge < -0.3 is 65.1 Å². The van der Waals surface area contributed by atoms with Crippen molar-refractivity contribution >= 4 is 5.91 Å². The summed E-state index contributed by atoms with van der Waals surface area (Å²) in [5.74, 6) is -0.236. The minimum absolute atomic E-state index is 0.236. The van der Waals surface area contributed by atoms with Gasteiger partial charge in [-0.3, -0.25) is 4.79 Å². The molecular formula is C69H125NO13. The Hall–Kier alpha value is -2.31. The van der Waals surface area contributed by atoms with E-state index in [1.165, 1.54) is 186 Å². The van der Waals surface area contributed by atoms with Crippen molar-refractivity contribution in [2.24, 2.45) is 0 Å². The number of aliphatic hydroxyl groups is 8. The molecule has 0 spiro atoms. The van der Waals surface area contributed by atoms with Crippen LogP contribution in [0.3, 0.4) is 0 Å². The fourth-order valence-electron chi connectivity index (χ4n) is 11.0. The maximum Gasteiger partial charge on any atom is 0.220 e. The number of nitrogens with one attached hydrogen (secondary N) is 1. The van der Waals surface area contributed by atoms with Crippen molar-refractivity contribution in [3.05, 3.63) is 60.8 Å². The van der Waals surface area contributed by atoms with E-state index in [0.717, 1.165) is 64.2 Å². The van der Waals surface area contributed by atoms with E-state index in [9.17, 15) is 45.6 Å². The first-order chi connectivity index (χ1) is 40.6. The normalized spacial score (nSPS) is 24.2. The van der Waals surface area contributed by atoms with E-state index in [1.54, 1.807) is 6.08 Å². The second kappa shape index (κ2) is 53.9. The van der Waals surface area contributed by atoms with Crippen molar-refractivity contribution in [2.75, 3.05) is 19.8 Å². The Labute approximate surface area is 505 Å². The van der Waals surface area contributed by atoms with Gasteiger partial charge in [0.2, 0.25) is 5.91 Å². The molecular weight excluding hydrogens is 1050 g/mol. The van der Waals surface area contributed by atoms with Crippen LogP contribution in [0.15, 0.2) is 60.8 Å². The van der Waals surface area contributed by atoms with E-state index in [2.05, 4.69) is 67.8 Å². The number of unbranched alkanes of at least 4 members (excludes halogenated alkanes) is 34. The Morgan fingerprint density at radius 2 is 0.831 bits per heavy atom. The maximum absolute atomic E-state index is 13.3. The quantitative estimate of drug-likeness (QED) is 0.0204. The molecule has 2 heterocycles. The first-order valence-electron chi connectivity index (χ1n) is 34.0. The maximum atomic E-state index is 13.3. The molecule has 2 rings (SSSR count). The monoisotopic (exact) mass is 1180 g/mol. The van der Waals surface area contributed by atoms with Crippen molar-refractivity contribution in [3.8, 4) is 0 Å². The zero-order valence-electron chi connectivity index (χ0n) is 52.4. The molecule has 0 aromatic heterocycles. The summed E-state index contributed by atoms with van der Waals surface area (Å²) in [7, 11) is 0. The van der Waals surface area contributed by atoms with Gasteiger partial charge in [-0.2, -0.15) is 0 Å². The largest absolute Gasteiger partial charge is 0.394 e. The van der Waals surface area contributed by atoms with Crippen LogP contribution in [0.2, 0.25) is 0 Å². The third kappa shape index (κ3) is 38.6. The van der Waals surface area contributed by atoms with Gasteiger partial charge in [0.05, 0.1) is 32.0 Å². The minimum atomic E-state index is -1.79. The number of allylic oxidation sites excluding steroid dienone is 9. The standard InChI is InChI=1S/C69H125NO13/c1-3-5-7-9-11-13-15-17-19-20-21-22-23-24-25-26-27-28-29-30-31-32-33-34-35-36-37-38-39-41-43-45-47-49-51-53-61(74)70-57(58(73)52-50-48-46-44-42-40-18-16-14-12-10-8-6-4-2)56-80-68-66(79)64(77)67(60(55-72)82-68)83-69-65(78)63(76)62(75)59(54-71)81-69/h5,7,11,13,17,19,21-22,50,52,57-60,62-69,71-73,75-79H,3-4,6,8-10,12,14-16,18,20,23-49,51,53-56H2,1-2H3,(H,70,74)/b7-5-,13-11-,19-17-,22-21-,52-50+. The van der Waals surface area contributed by atoms with E-state index < -0.39 is 86.8 Å². The molecule has 0 radical (unpaired) electrons. The van der Waals surface area contributed by atoms with E-state index >= 15 is 0 Å². The van der Waals surface area contributed by atoms with Gasteiger partial charge >= 0.3 is 0 Å². The molecule has 0 aromatic carbocycles. The van der Waals surface area contributed by atoms with Crippen LogP contribution >= 0.6 is 0 Å². The molecule has 12 atom stereocenters. The predicted molar refractivity (Wildman–Crippen MR) is 337 cm³/mol. The SMILES string of the molecule is CC/C=C\C/C=C\C/C=C\C/C=C\CCCCCCCCCCCCCCCCCCCCCCCCC(=O)NC(COC1OC(CO)C(OC2OC(CO)C(O)C(O)C2O)C(O)C1O)C(O)/C=C/CCCCCCCCCCCCCC. The molecule has 0 saturated carbocycles. The molecule has 2 aliphatic heterocycles. The topological polar surface area (TPSA) is 228 Å².